The van der Waals surface area contributed by atoms with E-state index in [4.69, 9.17) is 4.74 Å². The number of hydrogen-bond donors (Lipinski definition) is 2. The van der Waals surface area contributed by atoms with E-state index in [1.807, 2.05) is 30.3 Å². The number of allylic oxidation sites excluding steroid dienone is 1. The largest absolute Gasteiger partial charge is 0.506 e. The van der Waals surface area contributed by atoms with Crippen molar-refractivity contribution in [2.75, 3.05) is 18.1 Å². The number of aromatic amines is 1. The summed E-state index contributed by atoms with van der Waals surface area (Å²) in [5.74, 6) is -1.92. The zero-order valence-electron chi connectivity index (χ0n) is 15.8. The summed E-state index contributed by atoms with van der Waals surface area (Å²) in [7, 11) is 0. The van der Waals surface area contributed by atoms with Crippen LogP contribution in [0.2, 0.25) is 0 Å². The fraction of sp³-hybridized carbons (Fsp3) is 0.286. The fourth-order valence-electron chi connectivity index (χ4n) is 3.37. The lowest BCUT2D eigenvalue weighted by atomic mass is 9.96. The maximum Gasteiger partial charge on any atom is 0.354 e. The van der Waals surface area contributed by atoms with Crippen molar-refractivity contribution in [2.45, 2.75) is 26.2 Å². The van der Waals surface area contributed by atoms with Crippen molar-refractivity contribution in [2.24, 2.45) is 0 Å². The maximum absolute atomic E-state index is 13.0. The van der Waals surface area contributed by atoms with Gasteiger partial charge in [0.05, 0.1) is 18.2 Å². The number of esters is 1. The minimum Gasteiger partial charge on any atom is -0.506 e. The number of hydrogen-bond acceptors (Lipinski definition) is 5. The molecule has 3 rings (SSSR count). The van der Waals surface area contributed by atoms with Crippen LogP contribution in [0.1, 0.15) is 47.9 Å². The summed E-state index contributed by atoms with van der Waals surface area (Å²) >= 11 is 0. The standard InChI is InChI=1S/C21H22N2O5/c1-3-28-21(27)17-12-16(19(22-17)18(25)11-13(2)24)15-9-10-23(20(15)26)14-7-5-4-6-8-14/h4-8,11-12,15,22,25H,3,9-10H2,1-2H3/b18-11-. The number of nitrogens with one attached hydrogen (secondary N) is 1. The lowest BCUT2D eigenvalue weighted by Crippen LogP contribution is -2.26. The second-order valence-electron chi connectivity index (χ2n) is 6.54. The topological polar surface area (TPSA) is 99.7 Å². The highest BCUT2D eigenvalue weighted by molar-refractivity contribution is 6.02. The van der Waals surface area contributed by atoms with Crippen LogP contribution < -0.4 is 4.90 Å². The van der Waals surface area contributed by atoms with Gasteiger partial charge in [-0.25, -0.2) is 4.79 Å². The molecule has 1 aromatic heterocycles. The zero-order chi connectivity index (χ0) is 20.3. The predicted octanol–water partition coefficient (Wildman–Crippen LogP) is 3.20. The molecule has 1 aliphatic rings. The summed E-state index contributed by atoms with van der Waals surface area (Å²) < 4.78 is 5.00. The number of ether oxygens (including phenoxy) is 1. The number of ketones is 1. The zero-order valence-corrected chi connectivity index (χ0v) is 15.8. The van der Waals surface area contributed by atoms with Gasteiger partial charge in [-0.05, 0) is 44.0 Å². The third kappa shape index (κ3) is 3.83. The van der Waals surface area contributed by atoms with Gasteiger partial charge < -0.3 is 19.7 Å². The molecule has 0 radical (unpaired) electrons. The summed E-state index contributed by atoms with van der Waals surface area (Å²) in [5, 5.41) is 10.4. The van der Waals surface area contributed by atoms with Crippen LogP contribution in [0.25, 0.3) is 5.76 Å². The molecular formula is C21H22N2O5. The van der Waals surface area contributed by atoms with Gasteiger partial charge in [-0.15, -0.1) is 0 Å². The first-order chi connectivity index (χ1) is 13.4. The smallest absolute Gasteiger partial charge is 0.354 e. The third-order valence-corrected chi connectivity index (χ3v) is 4.59. The Hall–Kier alpha value is -3.35. The van der Waals surface area contributed by atoms with Crippen LogP contribution in [-0.2, 0) is 14.3 Å². The quantitative estimate of drug-likeness (QED) is 0.454. The first-order valence-corrected chi connectivity index (χ1v) is 9.10. The number of rotatable bonds is 6. The van der Waals surface area contributed by atoms with E-state index in [9.17, 15) is 19.5 Å². The van der Waals surface area contributed by atoms with Gasteiger partial charge in [0.1, 0.15) is 11.5 Å². The predicted molar refractivity (Wildman–Crippen MR) is 104 cm³/mol. The van der Waals surface area contributed by atoms with Gasteiger partial charge in [-0.3, -0.25) is 9.59 Å². The Kier molecular flexibility index (Phi) is 5.63. The molecular weight excluding hydrogens is 360 g/mol. The van der Waals surface area contributed by atoms with Crippen LogP contribution >= 0.6 is 0 Å². The molecule has 1 atom stereocenters. The Morgan fingerprint density at radius 1 is 1.32 bits per heavy atom. The Balaban J connectivity index is 1.99. The van der Waals surface area contributed by atoms with Gasteiger partial charge in [0.15, 0.2) is 5.78 Å². The van der Waals surface area contributed by atoms with Crippen molar-refractivity contribution in [3.05, 3.63) is 59.4 Å². The molecule has 1 aliphatic heterocycles. The lowest BCUT2D eigenvalue weighted by Gasteiger charge is -2.17. The molecule has 1 amide bonds. The van der Waals surface area contributed by atoms with Gasteiger partial charge in [-0.2, -0.15) is 0 Å². The van der Waals surface area contributed by atoms with E-state index in [2.05, 4.69) is 4.98 Å². The SMILES string of the molecule is CCOC(=O)c1cc(C2CCN(c3ccccc3)C2=O)c(/C(O)=C/C(C)=O)[nH]1. The molecule has 0 spiro atoms. The Morgan fingerprint density at radius 3 is 2.68 bits per heavy atom. The molecule has 1 saturated heterocycles. The summed E-state index contributed by atoms with van der Waals surface area (Å²) in [6, 6.07) is 10.8. The number of aromatic nitrogens is 1. The number of anilines is 1. The number of amides is 1. The molecule has 2 heterocycles. The average Bonchev–Trinajstić information content (AvgIpc) is 3.26. The molecule has 146 valence electrons. The molecule has 2 N–H and O–H groups in total. The van der Waals surface area contributed by atoms with E-state index < -0.39 is 11.9 Å². The van der Waals surface area contributed by atoms with Gasteiger partial charge >= 0.3 is 5.97 Å². The summed E-state index contributed by atoms with van der Waals surface area (Å²) in [6.45, 7) is 3.71. The van der Waals surface area contributed by atoms with Crippen LogP contribution in [0.5, 0.6) is 0 Å². The van der Waals surface area contributed by atoms with Crippen molar-refractivity contribution in [3.63, 3.8) is 0 Å². The molecule has 2 aromatic rings. The molecule has 7 heteroatoms. The van der Waals surface area contributed by atoms with Crippen molar-refractivity contribution in [1.82, 2.24) is 4.98 Å². The van der Waals surface area contributed by atoms with Crippen LogP contribution in [-0.4, -0.2) is 40.9 Å². The maximum atomic E-state index is 13.0. The fourth-order valence-corrected chi connectivity index (χ4v) is 3.37. The highest BCUT2D eigenvalue weighted by atomic mass is 16.5. The van der Waals surface area contributed by atoms with Crippen molar-refractivity contribution in [1.29, 1.82) is 0 Å². The molecule has 28 heavy (non-hydrogen) atoms. The first kappa shape index (κ1) is 19.4. The lowest BCUT2D eigenvalue weighted by molar-refractivity contribution is -0.118. The number of aliphatic hydroxyl groups is 1. The number of benzene rings is 1. The van der Waals surface area contributed by atoms with Gasteiger partial charge in [-0.1, -0.05) is 18.2 Å². The minimum atomic E-state index is -0.587. The molecule has 0 bridgehead atoms. The normalized spacial score (nSPS) is 17.1. The number of H-pyrrole nitrogens is 1. The molecule has 1 unspecified atom stereocenters. The van der Waals surface area contributed by atoms with E-state index in [-0.39, 0.29) is 35.4 Å². The van der Waals surface area contributed by atoms with Crippen LogP contribution in [0.4, 0.5) is 5.69 Å². The molecule has 1 fully saturated rings. The van der Waals surface area contributed by atoms with Crippen LogP contribution in [0, 0.1) is 0 Å². The van der Waals surface area contributed by atoms with Gasteiger partial charge in [0, 0.05) is 18.3 Å². The van der Waals surface area contributed by atoms with Crippen LogP contribution in [0.15, 0.2) is 42.5 Å². The number of para-hydroxylation sites is 1. The van der Waals surface area contributed by atoms with Gasteiger partial charge in [0.25, 0.3) is 0 Å². The molecule has 7 nitrogen and oxygen atoms in total. The number of carbonyl (C=O) groups excluding carboxylic acids is 3. The van der Waals surface area contributed by atoms with Crippen molar-refractivity contribution < 1.29 is 24.2 Å². The van der Waals surface area contributed by atoms with Gasteiger partial charge in [0.2, 0.25) is 5.91 Å². The summed E-state index contributed by atoms with van der Waals surface area (Å²) in [4.78, 5) is 41.0. The van der Waals surface area contributed by atoms with Crippen molar-refractivity contribution >= 4 is 29.1 Å². The Labute approximate surface area is 162 Å². The molecule has 0 aliphatic carbocycles. The van der Waals surface area contributed by atoms with E-state index >= 15 is 0 Å². The number of nitrogens with zero attached hydrogens (tertiary/aromatic N) is 1. The Bertz CT molecular complexity index is 930. The highest BCUT2D eigenvalue weighted by Crippen LogP contribution is 2.36. The van der Waals surface area contributed by atoms with E-state index in [0.717, 1.165) is 11.8 Å². The number of aliphatic hydroxyl groups excluding tert-OH is 1. The number of carbonyl (C=O) groups is 3. The highest BCUT2D eigenvalue weighted by Gasteiger charge is 2.37. The van der Waals surface area contributed by atoms with E-state index in [0.29, 0.717) is 18.5 Å². The van der Waals surface area contributed by atoms with E-state index in [1.165, 1.54) is 13.0 Å². The van der Waals surface area contributed by atoms with E-state index in [1.54, 1.807) is 11.8 Å². The molecule has 1 aromatic carbocycles. The van der Waals surface area contributed by atoms with Crippen LogP contribution in [0.3, 0.4) is 0 Å². The second kappa shape index (κ2) is 8.12. The minimum absolute atomic E-state index is 0.126. The third-order valence-electron chi connectivity index (χ3n) is 4.59. The average molecular weight is 382 g/mol. The molecule has 0 saturated carbocycles. The summed E-state index contributed by atoms with van der Waals surface area (Å²) in [6.07, 6.45) is 1.58. The summed E-state index contributed by atoms with van der Waals surface area (Å²) in [5.41, 5.74) is 1.58. The monoisotopic (exact) mass is 382 g/mol. The Morgan fingerprint density at radius 2 is 2.04 bits per heavy atom. The first-order valence-electron chi connectivity index (χ1n) is 9.10. The second-order valence-corrected chi connectivity index (χ2v) is 6.54. The van der Waals surface area contributed by atoms with Crippen molar-refractivity contribution in [3.8, 4) is 0 Å².